The van der Waals surface area contributed by atoms with Gasteiger partial charge in [0.25, 0.3) is 5.76 Å². The summed E-state index contributed by atoms with van der Waals surface area (Å²) in [6.07, 6.45) is 1.33. The van der Waals surface area contributed by atoms with E-state index in [0.29, 0.717) is 28.1 Å². The summed E-state index contributed by atoms with van der Waals surface area (Å²) in [6.45, 7) is 0. The maximum atomic E-state index is 12.2. The highest BCUT2D eigenvalue weighted by molar-refractivity contribution is 7.99. The largest absolute Gasteiger partial charge is 0.491 e. The van der Waals surface area contributed by atoms with Crippen molar-refractivity contribution < 1.29 is 13.5 Å². The summed E-state index contributed by atoms with van der Waals surface area (Å²) in [5.41, 5.74) is 6.94. The summed E-state index contributed by atoms with van der Waals surface area (Å²) in [7, 11) is 1.47. The number of alkyl halides is 2. The number of nitrogen functional groups attached to an aromatic ring is 1. The molecular weight excluding hydrogens is 272 g/mol. The smallest absolute Gasteiger partial charge is 0.288 e. The van der Waals surface area contributed by atoms with Crippen molar-refractivity contribution >= 4 is 17.6 Å². The zero-order valence-corrected chi connectivity index (χ0v) is 10.8. The zero-order chi connectivity index (χ0) is 13.8. The maximum absolute atomic E-state index is 12.2. The number of thioether (sulfide) groups is 1. The second-order valence-electron chi connectivity index (χ2n) is 3.54. The van der Waals surface area contributed by atoms with Crippen LogP contribution in [0.4, 0.5) is 14.6 Å². The van der Waals surface area contributed by atoms with Gasteiger partial charge in [0, 0.05) is 10.5 Å². The summed E-state index contributed by atoms with van der Waals surface area (Å²) in [5.74, 6) is -1.83. The SMILES string of the molecule is COc1c(N)ncnc1-c1ccc(SC(F)F)cc1. The molecule has 1 aromatic heterocycles. The van der Waals surface area contributed by atoms with Crippen LogP contribution >= 0.6 is 11.8 Å². The van der Waals surface area contributed by atoms with Crippen molar-refractivity contribution in [1.29, 1.82) is 0 Å². The average molecular weight is 283 g/mol. The topological polar surface area (TPSA) is 61.0 Å². The van der Waals surface area contributed by atoms with Crippen LogP contribution in [0.3, 0.4) is 0 Å². The van der Waals surface area contributed by atoms with E-state index in [1.807, 2.05) is 0 Å². The Labute approximate surface area is 113 Å². The lowest BCUT2D eigenvalue weighted by atomic mass is 10.1. The van der Waals surface area contributed by atoms with Crippen molar-refractivity contribution in [1.82, 2.24) is 9.97 Å². The summed E-state index contributed by atoms with van der Waals surface area (Å²) in [6, 6.07) is 6.58. The van der Waals surface area contributed by atoms with E-state index in [2.05, 4.69) is 9.97 Å². The highest BCUT2D eigenvalue weighted by atomic mass is 32.2. The number of ether oxygens (including phenoxy) is 1. The fourth-order valence-corrected chi connectivity index (χ4v) is 2.09. The average Bonchev–Trinajstić information content (AvgIpc) is 2.38. The third kappa shape index (κ3) is 3.11. The van der Waals surface area contributed by atoms with Gasteiger partial charge >= 0.3 is 0 Å². The van der Waals surface area contributed by atoms with E-state index in [1.54, 1.807) is 24.3 Å². The molecule has 2 N–H and O–H groups in total. The molecule has 1 heterocycles. The summed E-state index contributed by atoms with van der Waals surface area (Å²) in [5, 5.41) is 0. The van der Waals surface area contributed by atoms with Crippen molar-refractivity contribution in [2.24, 2.45) is 0 Å². The minimum absolute atomic E-state index is 0.235. The summed E-state index contributed by atoms with van der Waals surface area (Å²) >= 11 is 0.493. The van der Waals surface area contributed by atoms with Crippen LogP contribution < -0.4 is 10.5 Å². The Hall–Kier alpha value is -1.89. The van der Waals surface area contributed by atoms with E-state index in [4.69, 9.17) is 10.5 Å². The summed E-state index contributed by atoms with van der Waals surface area (Å²) in [4.78, 5) is 8.42. The number of benzene rings is 1. The molecule has 0 spiro atoms. The Balaban J connectivity index is 2.35. The molecule has 0 fully saturated rings. The van der Waals surface area contributed by atoms with Gasteiger partial charge in [0.2, 0.25) is 0 Å². The van der Waals surface area contributed by atoms with Crippen LogP contribution in [0.5, 0.6) is 5.75 Å². The fraction of sp³-hybridized carbons (Fsp3) is 0.167. The molecule has 0 aliphatic carbocycles. The highest BCUT2D eigenvalue weighted by Gasteiger charge is 2.12. The van der Waals surface area contributed by atoms with Gasteiger partial charge < -0.3 is 10.5 Å². The van der Waals surface area contributed by atoms with Crippen LogP contribution in [0.1, 0.15) is 0 Å². The maximum Gasteiger partial charge on any atom is 0.288 e. The number of anilines is 1. The molecule has 7 heteroatoms. The van der Waals surface area contributed by atoms with Gasteiger partial charge in [0.1, 0.15) is 12.0 Å². The van der Waals surface area contributed by atoms with Gasteiger partial charge in [-0.2, -0.15) is 8.78 Å². The number of rotatable bonds is 4. The van der Waals surface area contributed by atoms with Crippen molar-refractivity contribution in [3.63, 3.8) is 0 Å². The van der Waals surface area contributed by atoms with Gasteiger partial charge in [0.15, 0.2) is 11.6 Å². The van der Waals surface area contributed by atoms with Gasteiger partial charge in [-0.3, -0.25) is 0 Å². The monoisotopic (exact) mass is 283 g/mol. The molecule has 0 unspecified atom stereocenters. The molecule has 0 saturated heterocycles. The molecule has 0 radical (unpaired) electrons. The quantitative estimate of drug-likeness (QED) is 0.874. The number of aromatic nitrogens is 2. The zero-order valence-electron chi connectivity index (χ0n) is 10.0. The molecule has 2 rings (SSSR count). The predicted molar refractivity (Wildman–Crippen MR) is 70.3 cm³/mol. The van der Waals surface area contributed by atoms with Crippen LogP contribution in [0.2, 0.25) is 0 Å². The first-order chi connectivity index (χ1) is 9.11. The number of hydrogen-bond donors (Lipinski definition) is 1. The Kier molecular flexibility index (Phi) is 4.16. The molecule has 2 aromatic rings. The minimum atomic E-state index is -2.44. The molecular formula is C12H11F2N3OS. The molecule has 4 nitrogen and oxygen atoms in total. The van der Waals surface area contributed by atoms with E-state index in [9.17, 15) is 8.78 Å². The first-order valence-corrected chi connectivity index (χ1v) is 6.19. The van der Waals surface area contributed by atoms with Crippen LogP contribution in [0, 0.1) is 0 Å². The minimum Gasteiger partial charge on any atom is -0.491 e. The van der Waals surface area contributed by atoms with Gasteiger partial charge in [-0.1, -0.05) is 23.9 Å². The van der Waals surface area contributed by atoms with Crippen LogP contribution in [0.15, 0.2) is 35.5 Å². The van der Waals surface area contributed by atoms with Crippen molar-refractivity contribution in [2.75, 3.05) is 12.8 Å². The molecule has 0 aliphatic rings. The Morgan fingerprint density at radius 3 is 2.47 bits per heavy atom. The third-order valence-corrected chi connectivity index (χ3v) is 3.11. The van der Waals surface area contributed by atoms with E-state index >= 15 is 0 Å². The first kappa shape index (κ1) is 13.5. The van der Waals surface area contributed by atoms with E-state index in [1.165, 1.54) is 13.4 Å². The normalized spacial score (nSPS) is 10.7. The highest BCUT2D eigenvalue weighted by Crippen LogP contribution is 2.33. The molecule has 100 valence electrons. The van der Waals surface area contributed by atoms with Gasteiger partial charge in [-0.15, -0.1) is 0 Å². The standard InChI is InChI=1S/C12H11F2N3OS/c1-18-10-9(16-6-17-11(10)15)7-2-4-8(5-3-7)19-12(13)14/h2-6,12H,1H3,(H2,15,16,17). The molecule has 0 aliphatic heterocycles. The number of methoxy groups -OCH3 is 1. The number of nitrogens with two attached hydrogens (primary N) is 1. The van der Waals surface area contributed by atoms with Crippen LogP contribution in [-0.4, -0.2) is 22.8 Å². The molecule has 0 bridgehead atoms. The van der Waals surface area contributed by atoms with Crippen LogP contribution in [-0.2, 0) is 0 Å². The second kappa shape index (κ2) is 5.83. The van der Waals surface area contributed by atoms with Crippen LogP contribution in [0.25, 0.3) is 11.3 Å². The van der Waals surface area contributed by atoms with Crippen molar-refractivity contribution in [2.45, 2.75) is 10.7 Å². The van der Waals surface area contributed by atoms with Crippen molar-refractivity contribution in [3.8, 4) is 17.0 Å². The first-order valence-electron chi connectivity index (χ1n) is 5.31. The third-order valence-electron chi connectivity index (χ3n) is 2.39. The molecule has 19 heavy (non-hydrogen) atoms. The van der Waals surface area contributed by atoms with Gasteiger partial charge in [-0.05, 0) is 12.1 Å². The van der Waals surface area contributed by atoms with E-state index < -0.39 is 5.76 Å². The fourth-order valence-electron chi connectivity index (χ4n) is 1.59. The Bertz CT molecular complexity index is 563. The molecule has 0 amide bonds. The molecule has 0 saturated carbocycles. The van der Waals surface area contributed by atoms with Gasteiger partial charge in [0.05, 0.1) is 7.11 Å². The Morgan fingerprint density at radius 1 is 1.21 bits per heavy atom. The number of hydrogen-bond acceptors (Lipinski definition) is 5. The molecule has 1 aromatic carbocycles. The number of nitrogens with zero attached hydrogens (tertiary/aromatic N) is 2. The lowest BCUT2D eigenvalue weighted by Crippen LogP contribution is -1.99. The molecule has 0 atom stereocenters. The lowest BCUT2D eigenvalue weighted by Gasteiger charge is -2.09. The number of halogens is 2. The van der Waals surface area contributed by atoms with Crippen molar-refractivity contribution in [3.05, 3.63) is 30.6 Å². The predicted octanol–water partition coefficient (Wildman–Crippen LogP) is 3.05. The lowest BCUT2D eigenvalue weighted by molar-refractivity contribution is 0.252. The Morgan fingerprint density at radius 2 is 1.89 bits per heavy atom. The summed E-state index contributed by atoms with van der Waals surface area (Å²) < 4.78 is 29.6. The van der Waals surface area contributed by atoms with E-state index in [0.717, 1.165) is 5.56 Å². The van der Waals surface area contributed by atoms with Gasteiger partial charge in [-0.25, -0.2) is 9.97 Å². The van der Waals surface area contributed by atoms with E-state index in [-0.39, 0.29) is 5.82 Å². The second-order valence-corrected chi connectivity index (χ2v) is 4.61.